The number of carbonyl (C=O) groups excluding carboxylic acids is 1. The quantitative estimate of drug-likeness (QED) is 0.693. The summed E-state index contributed by atoms with van der Waals surface area (Å²) in [6.45, 7) is 2.13. The van der Waals surface area contributed by atoms with Crippen LogP contribution >= 0.6 is 11.6 Å². The van der Waals surface area contributed by atoms with Gasteiger partial charge in [-0.1, -0.05) is 61.7 Å². The third-order valence-electron chi connectivity index (χ3n) is 5.46. The first-order chi connectivity index (χ1) is 13.8. The van der Waals surface area contributed by atoms with Crippen molar-refractivity contribution in [3.8, 4) is 0 Å². The maximum Gasteiger partial charge on any atom is 0.241 e. The van der Waals surface area contributed by atoms with Crippen LogP contribution in [-0.2, 0) is 21.2 Å². The Morgan fingerprint density at radius 2 is 1.72 bits per heavy atom. The van der Waals surface area contributed by atoms with E-state index in [0.717, 1.165) is 24.8 Å². The third kappa shape index (κ3) is 6.04. The Morgan fingerprint density at radius 3 is 2.38 bits per heavy atom. The van der Waals surface area contributed by atoms with Crippen LogP contribution < -0.4 is 10.0 Å². The van der Waals surface area contributed by atoms with Crippen LogP contribution in [0.15, 0.2) is 59.5 Å². The lowest BCUT2D eigenvalue weighted by Crippen LogP contribution is -2.52. The number of hydrogen-bond acceptors (Lipinski definition) is 3. The number of sulfonamides is 1. The summed E-state index contributed by atoms with van der Waals surface area (Å²) in [7, 11) is -3.87. The minimum absolute atomic E-state index is 0.0783. The molecule has 1 saturated carbocycles. The minimum atomic E-state index is -3.87. The fraction of sp³-hybridized carbons (Fsp3) is 0.409. The van der Waals surface area contributed by atoms with Gasteiger partial charge in [0.2, 0.25) is 15.9 Å². The zero-order valence-electron chi connectivity index (χ0n) is 16.5. The van der Waals surface area contributed by atoms with Gasteiger partial charge in [-0.15, -0.1) is 0 Å². The van der Waals surface area contributed by atoms with Gasteiger partial charge in [-0.2, -0.15) is 4.72 Å². The van der Waals surface area contributed by atoms with E-state index in [1.807, 2.05) is 30.3 Å². The van der Waals surface area contributed by atoms with E-state index in [1.165, 1.54) is 30.7 Å². The predicted molar refractivity (Wildman–Crippen MR) is 115 cm³/mol. The summed E-state index contributed by atoms with van der Waals surface area (Å²) >= 11 is 5.87. The fourth-order valence-electron chi connectivity index (χ4n) is 3.72. The molecule has 3 atom stereocenters. The Labute approximate surface area is 177 Å². The molecule has 0 radical (unpaired) electrons. The zero-order valence-corrected chi connectivity index (χ0v) is 18.0. The number of benzene rings is 2. The van der Waals surface area contributed by atoms with E-state index in [0.29, 0.717) is 10.9 Å². The summed E-state index contributed by atoms with van der Waals surface area (Å²) in [4.78, 5) is 13.1. The van der Waals surface area contributed by atoms with Gasteiger partial charge in [-0.05, 0) is 55.0 Å². The Kier molecular flexibility index (Phi) is 7.33. The Bertz CT molecular complexity index is 917. The van der Waals surface area contributed by atoms with Gasteiger partial charge in [0.1, 0.15) is 6.04 Å². The first-order valence-corrected chi connectivity index (χ1v) is 11.8. The second kappa shape index (κ2) is 9.74. The molecule has 0 heterocycles. The molecule has 0 bridgehead atoms. The van der Waals surface area contributed by atoms with Gasteiger partial charge in [-0.25, -0.2) is 8.42 Å². The van der Waals surface area contributed by atoms with Gasteiger partial charge in [0.25, 0.3) is 0 Å². The molecular weight excluding hydrogens is 408 g/mol. The third-order valence-corrected chi connectivity index (χ3v) is 7.20. The molecule has 0 aromatic heterocycles. The first-order valence-electron chi connectivity index (χ1n) is 9.97. The van der Waals surface area contributed by atoms with Crippen molar-refractivity contribution in [2.45, 2.75) is 56.0 Å². The highest BCUT2D eigenvalue weighted by Gasteiger charge is 2.30. The van der Waals surface area contributed by atoms with E-state index in [-0.39, 0.29) is 23.3 Å². The minimum Gasteiger partial charge on any atom is -0.352 e. The molecule has 29 heavy (non-hydrogen) atoms. The number of rotatable bonds is 7. The molecule has 3 unspecified atom stereocenters. The average Bonchev–Trinajstić information content (AvgIpc) is 2.70. The van der Waals surface area contributed by atoms with Gasteiger partial charge >= 0.3 is 0 Å². The average molecular weight is 435 g/mol. The van der Waals surface area contributed by atoms with Gasteiger partial charge in [-0.3, -0.25) is 4.79 Å². The van der Waals surface area contributed by atoms with E-state index in [9.17, 15) is 13.2 Å². The molecule has 1 aliphatic carbocycles. The highest BCUT2D eigenvalue weighted by molar-refractivity contribution is 7.89. The van der Waals surface area contributed by atoms with Crippen molar-refractivity contribution in [1.82, 2.24) is 10.0 Å². The zero-order chi connectivity index (χ0) is 20.9. The van der Waals surface area contributed by atoms with Gasteiger partial charge in [0.05, 0.1) is 4.90 Å². The number of halogens is 1. The van der Waals surface area contributed by atoms with E-state index in [4.69, 9.17) is 11.6 Å². The molecule has 3 rings (SSSR count). The SMILES string of the molecule is CC1CCCCC1NC(=O)C(Cc1ccccc1)NS(=O)(=O)c1ccc(Cl)cc1. The molecule has 2 N–H and O–H groups in total. The lowest BCUT2D eigenvalue weighted by molar-refractivity contribution is -0.124. The van der Waals surface area contributed by atoms with Crippen molar-refractivity contribution in [2.75, 3.05) is 0 Å². The molecule has 1 fully saturated rings. The van der Waals surface area contributed by atoms with Crippen molar-refractivity contribution in [2.24, 2.45) is 5.92 Å². The number of amides is 1. The van der Waals surface area contributed by atoms with E-state index in [2.05, 4.69) is 17.0 Å². The van der Waals surface area contributed by atoms with E-state index >= 15 is 0 Å². The Hall–Kier alpha value is -1.89. The predicted octanol–water partition coefficient (Wildman–Crippen LogP) is 3.92. The van der Waals surface area contributed by atoms with Gasteiger partial charge < -0.3 is 5.32 Å². The molecule has 7 heteroatoms. The normalized spacial score (nSPS) is 20.8. The van der Waals surface area contributed by atoms with Crippen molar-refractivity contribution in [1.29, 1.82) is 0 Å². The van der Waals surface area contributed by atoms with Crippen molar-refractivity contribution < 1.29 is 13.2 Å². The van der Waals surface area contributed by atoms with Crippen molar-refractivity contribution in [3.63, 3.8) is 0 Å². The second-order valence-corrected chi connectivity index (χ2v) is 9.84. The van der Waals surface area contributed by atoms with Crippen LogP contribution in [0.3, 0.4) is 0 Å². The van der Waals surface area contributed by atoms with Crippen LogP contribution in [0.1, 0.15) is 38.2 Å². The molecule has 1 amide bonds. The molecule has 0 aliphatic heterocycles. The molecule has 1 aliphatic rings. The summed E-state index contributed by atoms with van der Waals surface area (Å²) < 4.78 is 28.3. The van der Waals surface area contributed by atoms with Gasteiger partial charge in [0.15, 0.2) is 0 Å². The van der Waals surface area contributed by atoms with E-state index < -0.39 is 16.1 Å². The largest absolute Gasteiger partial charge is 0.352 e. The van der Waals surface area contributed by atoms with Crippen LogP contribution in [0.2, 0.25) is 5.02 Å². The van der Waals surface area contributed by atoms with Gasteiger partial charge in [0, 0.05) is 11.1 Å². The van der Waals surface area contributed by atoms with Crippen LogP contribution in [0.5, 0.6) is 0 Å². The highest BCUT2D eigenvalue weighted by Crippen LogP contribution is 2.24. The molecule has 2 aromatic rings. The second-order valence-electron chi connectivity index (χ2n) is 7.69. The smallest absolute Gasteiger partial charge is 0.241 e. The van der Waals surface area contributed by atoms with Crippen molar-refractivity contribution in [3.05, 3.63) is 65.2 Å². The standard InChI is InChI=1S/C22H27ClN2O3S/c1-16-7-5-6-10-20(16)24-22(26)21(15-17-8-3-2-4-9-17)25-29(27,28)19-13-11-18(23)12-14-19/h2-4,8-9,11-14,16,20-21,25H,5-7,10,15H2,1H3,(H,24,26). The Morgan fingerprint density at radius 1 is 1.07 bits per heavy atom. The first kappa shape index (κ1) is 21.8. The van der Waals surface area contributed by atoms with Crippen LogP contribution in [0.4, 0.5) is 0 Å². The lowest BCUT2D eigenvalue weighted by atomic mass is 9.86. The summed E-state index contributed by atoms with van der Waals surface area (Å²) in [6.07, 6.45) is 4.53. The summed E-state index contributed by atoms with van der Waals surface area (Å²) in [5.41, 5.74) is 0.892. The topological polar surface area (TPSA) is 75.3 Å². The van der Waals surface area contributed by atoms with Crippen LogP contribution in [0, 0.1) is 5.92 Å². The summed E-state index contributed by atoms with van der Waals surface area (Å²) in [5, 5.41) is 3.54. The summed E-state index contributed by atoms with van der Waals surface area (Å²) in [6, 6.07) is 14.5. The monoisotopic (exact) mass is 434 g/mol. The maximum absolute atomic E-state index is 13.1. The number of nitrogens with one attached hydrogen (secondary N) is 2. The summed E-state index contributed by atoms with van der Waals surface area (Å²) in [5.74, 6) is 0.100. The highest BCUT2D eigenvalue weighted by atomic mass is 35.5. The maximum atomic E-state index is 13.1. The molecule has 5 nitrogen and oxygen atoms in total. The molecule has 2 aromatic carbocycles. The molecule has 0 spiro atoms. The molecular formula is C22H27ClN2O3S. The lowest BCUT2D eigenvalue weighted by Gasteiger charge is -2.31. The number of carbonyl (C=O) groups is 1. The molecule has 156 valence electrons. The van der Waals surface area contributed by atoms with Crippen LogP contribution in [0.25, 0.3) is 0 Å². The van der Waals surface area contributed by atoms with E-state index in [1.54, 1.807) is 0 Å². The Balaban J connectivity index is 1.80. The van der Waals surface area contributed by atoms with Crippen molar-refractivity contribution >= 4 is 27.5 Å². The van der Waals surface area contributed by atoms with Crippen LogP contribution in [-0.4, -0.2) is 26.4 Å². The number of hydrogen-bond donors (Lipinski definition) is 2. The molecule has 0 saturated heterocycles. The fourth-order valence-corrected chi connectivity index (χ4v) is 5.04.